The molecule has 0 unspecified atom stereocenters. The van der Waals surface area contributed by atoms with Crippen LogP contribution in [-0.2, 0) is 4.74 Å². The van der Waals surface area contributed by atoms with Crippen molar-refractivity contribution in [3.05, 3.63) is 47.9 Å². The molecule has 0 aliphatic heterocycles. The second kappa shape index (κ2) is 8.48. The average molecular weight is 375 g/mol. The Morgan fingerprint density at radius 1 is 1.11 bits per heavy atom. The second-order valence-corrected chi connectivity index (χ2v) is 6.59. The van der Waals surface area contributed by atoms with E-state index in [1.54, 1.807) is 26.8 Å². The van der Waals surface area contributed by atoms with Crippen molar-refractivity contribution in [2.24, 2.45) is 0 Å². The van der Waals surface area contributed by atoms with Gasteiger partial charge < -0.3 is 14.8 Å². The molecule has 27 heavy (non-hydrogen) atoms. The van der Waals surface area contributed by atoms with Gasteiger partial charge in [-0.2, -0.15) is 0 Å². The molecule has 2 N–H and O–H groups in total. The monoisotopic (exact) mass is 375 g/mol. The van der Waals surface area contributed by atoms with Crippen LogP contribution in [0.3, 0.4) is 0 Å². The standard InChI is InChI=1S/C19H22FN3O4/c1-5-26-16-9-6-12(11-21-16)17(24)22-15-10-13(20)7-8-14(15)23-18(25)27-19(2,3)4/h6-11H,5H2,1-4H3,(H,22,24)(H,23,25). The van der Waals surface area contributed by atoms with Crippen LogP contribution in [0, 0.1) is 5.82 Å². The van der Waals surface area contributed by atoms with Crippen LogP contribution in [0.25, 0.3) is 0 Å². The van der Waals surface area contributed by atoms with Crippen LogP contribution in [0.2, 0.25) is 0 Å². The molecule has 2 amide bonds. The van der Waals surface area contributed by atoms with Crippen LogP contribution >= 0.6 is 0 Å². The van der Waals surface area contributed by atoms with Crippen LogP contribution in [0.4, 0.5) is 20.6 Å². The lowest BCUT2D eigenvalue weighted by Crippen LogP contribution is -2.27. The zero-order valence-corrected chi connectivity index (χ0v) is 15.6. The van der Waals surface area contributed by atoms with E-state index < -0.39 is 23.4 Å². The molecule has 0 spiro atoms. The smallest absolute Gasteiger partial charge is 0.412 e. The van der Waals surface area contributed by atoms with E-state index in [2.05, 4.69) is 15.6 Å². The second-order valence-electron chi connectivity index (χ2n) is 6.59. The Labute approximate surface area is 156 Å². The Bertz CT molecular complexity index is 817. The predicted octanol–water partition coefficient (Wildman–Crippen LogP) is 4.22. The zero-order valence-electron chi connectivity index (χ0n) is 15.6. The van der Waals surface area contributed by atoms with Gasteiger partial charge >= 0.3 is 6.09 Å². The Kier molecular flexibility index (Phi) is 6.33. The van der Waals surface area contributed by atoms with Gasteiger partial charge in [-0.15, -0.1) is 0 Å². The molecule has 0 aliphatic carbocycles. The molecule has 0 saturated heterocycles. The van der Waals surface area contributed by atoms with Crippen molar-refractivity contribution in [1.29, 1.82) is 0 Å². The normalized spacial score (nSPS) is 10.9. The number of carbonyl (C=O) groups excluding carboxylic acids is 2. The zero-order chi connectivity index (χ0) is 20.0. The summed E-state index contributed by atoms with van der Waals surface area (Å²) in [6.07, 6.45) is 0.632. The third-order valence-corrected chi connectivity index (χ3v) is 3.16. The Morgan fingerprint density at radius 2 is 1.85 bits per heavy atom. The van der Waals surface area contributed by atoms with Crippen molar-refractivity contribution in [3.8, 4) is 5.88 Å². The van der Waals surface area contributed by atoms with Crippen molar-refractivity contribution in [3.63, 3.8) is 0 Å². The third-order valence-electron chi connectivity index (χ3n) is 3.16. The molecule has 7 nitrogen and oxygen atoms in total. The molecule has 8 heteroatoms. The number of hydrogen-bond donors (Lipinski definition) is 2. The average Bonchev–Trinajstić information content (AvgIpc) is 2.56. The highest BCUT2D eigenvalue weighted by molar-refractivity contribution is 6.06. The van der Waals surface area contributed by atoms with Gasteiger partial charge in [0, 0.05) is 12.3 Å². The van der Waals surface area contributed by atoms with Crippen molar-refractivity contribution >= 4 is 23.4 Å². The molecule has 0 radical (unpaired) electrons. The van der Waals surface area contributed by atoms with Gasteiger partial charge in [0.05, 0.1) is 23.5 Å². The molecule has 1 aromatic carbocycles. The number of ether oxygens (including phenoxy) is 2. The molecule has 144 valence electrons. The fourth-order valence-electron chi connectivity index (χ4n) is 2.08. The highest BCUT2D eigenvalue weighted by Crippen LogP contribution is 2.24. The molecule has 1 heterocycles. The summed E-state index contributed by atoms with van der Waals surface area (Å²) >= 11 is 0. The lowest BCUT2D eigenvalue weighted by Gasteiger charge is -2.20. The van der Waals surface area contributed by atoms with E-state index in [4.69, 9.17) is 9.47 Å². The first-order valence-electron chi connectivity index (χ1n) is 8.37. The number of nitrogens with one attached hydrogen (secondary N) is 2. The molecule has 0 fully saturated rings. The van der Waals surface area contributed by atoms with Gasteiger partial charge in [-0.1, -0.05) is 0 Å². The van der Waals surface area contributed by atoms with E-state index in [0.717, 1.165) is 6.07 Å². The molecule has 0 saturated carbocycles. The molecular weight excluding hydrogens is 353 g/mol. The Balaban J connectivity index is 2.16. The number of benzene rings is 1. The van der Waals surface area contributed by atoms with Crippen LogP contribution in [0.1, 0.15) is 38.1 Å². The van der Waals surface area contributed by atoms with E-state index in [1.807, 2.05) is 6.92 Å². The summed E-state index contributed by atoms with van der Waals surface area (Å²) in [6.45, 7) is 7.45. The summed E-state index contributed by atoms with van der Waals surface area (Å²) < 4.78 is 24.0. The topological polar surface area (TPSA) is 89.6 Å². The highest BCUT2D eigenvalue weighted by Gasteiger charge is 2.18. The number of anilines is 2. The SMILES string of the molecule is CCOc1ccc(C(=O)Nc2cc(F)ccc2NC(=O)OC(C)(C)C)cn1. The predicted molar refractivity (Wildman–Crippen MR) is 99.6 cm³/mol. The number of amides is 2. The van der Waals surface area contributed by atoms with Gasteiger partial charge in [0.25, 0.3) is 5.91 Å². The number of carbonyl (C=O) groups is 2. The van der Waals surface area contributed by atoms with Crippen LogP contribution in [0.5, 0.6) is 5.88 Å². The Morgan fingerprint density at radius 3 is 2.44 bits per heavy atom. The van der Waals surface area contributed by atoms with Crippen molar-refractivity contribution in [2.75, 3.05) is 17.2 Å². The minimum Gasteiger partial charge on any atom is -0.478 e. The maximum atomic E-state index is 13.6. The fourth-order valence-corrected chi connectivity index (χ4v) is 2.08. The van der Waals surface area contributed by atoms with Crippen molar-refractivity contribution < 1.29 is 23.5 Å². The van der Waals surface area contributed by atoms with E-state index in [9.17, 15) is 14.0 Å². The minimum atomic E-state index is -0.715. The number of nitrogens with zero attached hydrogens (tertiary/aromatic N) is 1. The van der Waals surface area contributed by atoms with E-state index >= 15 is 0 Å². The third kappa shape index (κ3) is 6.25. The fraction of sp³-hybridized carbons (Fsp3) is 0.316. The molecule has 2 aromatic rings. The number of rotatable bonds is 5. The number of pyridine rings is 1. The molecule has 2 rings (SSSR count). The number of halogens is 1. The lowest BCUT2D eigenvalue weighted by molar-refractivity contribution is 0.0635. The van der Waals surface area contributed by atoms with E-state index in [1.165, 1.54) is 24.4 Å². The number of aromatic nitrogens is 1. The maximum Gasteiger partial charge on any atom is 0.412 e. The van der Waals surface area contributed by atoms with Crippen molar-refractivity contribution in [2.45, 2.75) is 33.3 Å². The van der Waals surface area contributed by atoms with Gasteiger partial charge in [0.1, 0.15) is 11.4 Å². The molecule has 0 aliphatic rings. The summed E-state index contributed by atoms with van der Waals surface area (Å²) in [7, 11) is 0. The lowest BCUT2D eigenvalue weighted by atomic mass is 10.2. The maximum absolute atomic E-state index is 13.6. The quantitative estimate of drug-likeness (QED) is 0.817. The van der Waals surface area contributed by atoms with Crippen LogP contribution < -0.4 is 15.4 Å². The molecule has 1 aromatic heterocycles. The summed E-state index contributed by atoms with van der Waals surface area (Å²) in [5.74, 6) is -0.680. The first-order chi connectivity index (χ1) is 12.7. The van der Waals surface area contributed by atoms with Gasteiger partial charge in [-0.3, -0.25) is 10.1 Å². The first kappa shape index (κ1) is 20.2. The Hall–Kier alpha value is -3.16. The summed E-state index contributed by atoms with van der Waals surface area (Å²) in [5, 5.41) is 5.06. The molecular formula is C19H22FN3O4. The van der Waals surface area contributed by atoms with Gasteiger partial charge in [0.2, 0.25) is 5.88 Å². The molecule has 0 bridgehead atoms. The van der Waals surface area contributed by atoms with Gasteiger partial charge in [-0.25, -0.2) is 14.2 Å². The molecule has 0 atom stereocenters. The largest absolute Gasteiger partial charge is 0.478 e. The van der Waals surface area contributed by atoms with E-state index in [-0.39, 0.29) is 16.9 Å². The van der Waals surface area contributed by atoms with Crippen LogP contribution in [-0.4, -0.2) is 29.2 Å². The highest BCUT2D eigenvalue weighted by atomic mass is 19.1. The first-order valence-corrected chi connectivity index (χ1v) is 8.37. The summed E-state index contributed by atoms with van der Waals surface area (Å²) in [6, 6.07) is 6.70. The minimum absolute atomic E-state index is 0.0970. The van der Waals surface area contributed by atoms with Crippen LogP contribution in [0.15, 0.2) is 36.5 Å². The van der Waals surface area contributed by atoms with E-state index in [0.29, 0.717) is 12.5 Å². The van der Waals surface area contributed by atoms with Gasteiger partial charge in [0.15, 0.2) is 0 Å². The van der Waals surface area contributed by atoms with Crippen molar-refractivity contribution in [1.82, 2.24) is 4.98 Å². The summed E-state index contributed by atoms with van der Waals surface area (Å²) in [4.78, 5) is 28.4. The number of hydrogen-bond acceptors (Lipinski definition) is 5. The summed E-state index contributed by atoms with van der Waals surface area (Å²) in [5.41, 5.74) is -0.134. The van der Waals surface area contributed by atoms with Gasteiger partial charge in [-0.05, 0) is 52.0 Å².